The SMILES string of the molecule is C=C(/C=c1/nc([C@@H]2C[C@@H]3CCCC[C@@H]3N2)[nH]c1=C)c1ccc2cc(-c3cnc([C@@H]4CCCN4)[nH]3)ccc2c1. The van der Waals surface area contributed by atoms with E-state index in [0.29, 0.717) is 18.1 Å². The average molecular weight is 505 g/mol. The topological polar surface area (TPSA) is 81.4 Å². The zero-order valence-corrected chi connectivity index (χ0v) is 21.9. The van der Waals surface area contributed by atoms with Gasteiger partial charge in [-0.15, -0.1) is 0 Å². The van der Waals surface area contributed by atoms with Gasteiger partial charge in [0.25, 0.3) is 0 Å². The van der Waals surface area contributed by atoms with E-state index < -0.39 is 0 Å². The molecule has 4 aromatic rings. The zero-order valence-electron chi connectivity index (χ0n) is 21.9. The van der Waals surface area contributed by atoms with Crippen LogP contribution in [0.3, 0.4) is 0 Å². The second-order valence-corrected chi connectivity index (χ2v) is 11.4. The lowest BCUT2D eigenvalue weighted by molar-refractivity contribution is 0.325. The normalized spacial score (nSPS) is 25.7. The molecule has 38 heavy (non-hydrogen) atoms. The van der Waals surface area contributed by atoms with E-state index in [1.54, 1.807) is 0 Å². The van der Waals surface area contributed by atoms with Crippen molar-refractivity contribution in [3.63, 3.8) is 0 Å². The van der Waals surface area contributed by atoms with Crippen molar-refractivity contribution in [2.45, 2.75) is 63.1 Å². The van der Waals surface area contributed by atoms with Crippen molar-refractivity contribution >= 4 is 29.0 Å². The fourth-order valence-corrected chi connectivity index (χ4v) is 6.70. The summed E-state index contributed by atoms with van der Waals surface area (Å²) in [6.07, 6.45) is 12.9. The predicted molar refractivity (Wildman–Crippen MR) is 155 cm³/mol. The maximum atomic E-state index is 4.94. The van der Waals surface area contributed by atoms with Crippen molar-refractivity contribution in [3.8, 4) is 11.3 Å². The molecule has 3 fully saturated rings. The first-order valence-corrected chi connectivity index (χ1v) is 14.1. The van der Waals surface area contributed by atoms with Gasteiger partial charge in [-0.2, -0.15) is 0 Å². The molecule has 194 valence electrons. The summed E-state index contributed by atoms with van der Waals surface area (Å²) in [5.41, 5.74) is 4.24. The Kier molecular flexibility index (Phi) is 6.02. The van der Waals surface area contributed by atoms with Crippen molar-refractivity contribution in [1.29, 1.82) is 0 Å². The number of rotatable bonds is 5. The molecule has 0 radical (unpaired) electrons. The van der Waals surface area contributed by atoms with Crippen LogP contribution in [0.4, 0.5) is 0 Å². The summed E-state index contributed by atoms with van der Waals surface area (Å²) in [5.74, 6) is 2.83. The predicted octanol–water partition coefficient (Wildman–Crippen LogP) is 4.87. The van der Waals surface area contributed by atoms with E-state index in [2.05, 4.69) is 81.2 Å². The number of aromatic nitrogens is 4. The van der Waals surface area contributed by atoms with Crippen molar-refractivity contribution in [1.82, 2.24) is 30.6 Å². The van der Waals surface area contributed by atoms with Crippen LogP contribution in [-0.2, 0) is 0 Å². The number of H-pyrrole nitrogens is 2. The molecule has 2 aliphatic heterocycles. The molecule has 0 bridgehead atoms. The standard InChI is InChI=1S/C32H36N6/c1-19(14-28-20(2)35-32(37-28)29-17-24-6-3-4-7-26(24)36-29)21-9-10-23-16-25(12-11-22(23)15-21)30-18-34-31(38-30)27-8-5-13-33-27/h9-12,14-16,18,24,26-27,29,33,36H,1-8,13,17H2,(H,34,38)(H,35,37)/b28-14+/t24-,26-,27-,29-/m0/s1. The van der Waals surface area contributed by atoms with Crippen LogP contribution in [0.15, 0.2) is 49.2 Å². The summed E-state index contributed by atoms with van der Waals surface area (Å²) < 4.78 is 0. The van der Waals surface area contributed by atoms with Gasteiger partial charge in [-0.25, -0.2) is 9.97 Å². The molecule has 1 saturated carbocycles. The van der Waals surface area contributed by atoms with Crippen LogP contribution in [0, 0.1) is 5.92 Å². The molecule has 3 aliphatic rings. The molecule has 0 amide bonds. The highest BCUT2D eigenvalue weighted by Crippen LogP contribution is 2.38. The van der Waals surface area contributed by atoms with Crippen molar-refractivity contribution in [2.24, 2.45) is 5.92 Å². The Morgan fingerprint density at radius 1 is 0.921 bits per heavy atom. The summed E-state index contributed by atoms with van der Waals surface area (Å²) in [7, 11) is 0. The first kappa shape index (κ1) is 23.6. The summed E-state index contributed by atoms with van der Waals surface area (Å²) >= 11 is 0. The van der Waals surface area contributed by atoms with Crippen LogP contribution in [0.5, 0.6) is 0 Å². The van der Waals surface area contributed by atoms with Gasteiger partial charge in [0.2, 0.25) is 0 Å². The largest absolute Gasteiger partial charge is 0.341 e. The van der Waals surface area contributed by atoms with Gasteiger partial charge in [0.05, 0.1) is 34.7 Å². The van der Waals surface area contributed by atoms with Gasteiger partial charge in [-0.1, -0.05) is 50.3 Å². The highest BCUT2D eigenvalue weighted by atomic mass is 15.1. The van der Waals surface area contributed by atoms with E-state index in [4.69, 9.17) is 4.98 Å². The number of fused-ring (bicyclic) bond motifs is 2. The second kappa shape index (κ2) is 9.68. The Morgan fingerprint density at radius 3 is 2.66 bits per heavy atom. The molecule has 4 N–H and O–H groups in total. The van der Waals surface area contributed by atoms with Crippen LogP contribution < -0.4 is 21.3 Å². The first-order chi connectivity index (χ1) is 18.6. The summed E-state index contributed by atoms with van der Waals surface area (Å²) in [5, 5.41) is 11.5. The quantitative estimate of drug-likeness (QED) is 0.312. The Bertz CT molecular complexity index is 1590. The van der Waals surface area contributed by atoms with E-state index >= 15 is 0 Å². The molecule has 4 atom stereocenters. The van der Waals surface area contributed by atoms with E-state index in [0.717, 1.165) is 63.6 Å². The minimum absolute atomic E-state index is 0.300. The highest BCUT2D eigenvalue weighted by molar-refractivity contribution is 5.94. The molecule has 7 rings (SSSR count). The van der Waals surface area contributed by atoms with Gasteiger partial charge >= 0.3 is 0 Å². The van der Waals surface area contributed by atoms with Gasteiger partial charge in [-0.05, 0) is 84.7 Å². The molecule has 6 heteroatoms. The van der Waals surface area contributed by atoms with Gasteiger partial charge in [0, 0.05) is 11.6 Å². The van der Waals surface area contributed by atoms with Crippen LogP contribution in [0.25, 0.3) is 40.3 Å². The average Bonchev–Trinajstić information content (AvgIpc) is 3.74. The molecular formula is C32H36N6. The molecule has 4 heterocycles. The molecule has 0 spiro atoms. The molecule has 6 nitrogen and oxygen atoms in total. The molecule has 2 aromatic heterocycles. The monoisotopic (exact) mass is 504 g/mol. The van der Waals surface area contributed by atoms with E-state index in [1.807, 2.05) is 6.20 Å². The van der Waals surface area contributed by atoms with Crippen molar-refractivity contribution < 1.29 is 0 Å². The van der Waals surface area contributed by atoms with Crippen molar-refractivity contribution in [3.05, 3.63) is 77.1 Å². The maximum absolute atomic E-state index is 4.94. The van der Waals surface area contributed by atoms with E-state index in [9.17, 15) is 0 Å². The Morgan fingerprint density at radius 2 is 1.79 bits per heavy atom. The lowest BCUT2D eigenvalue weighted by Crippen LogP contribution is -2.30. The number of nitrogens with one attached hydrogen (secondary N) is 4. The van der Waals surface area contributed by atoms with Crippen LogP contribution in [0.1, 0.15) is 74.2 Å². The highest BCUT2D eigenvalue weighted by Gasteiger charge is 2.36. The summed E-state index contributed by atoms with van der Waals surface area (Å²) in [6, 6.07) is 14.4. The molecular weight excluding hydrogens is 468 g/mol. The van der Waals surface area contributed by atoms with Crippen LogP contribution >= 0.6 is 0 Å². The lowest BCUT2D eigenvalue weighted by Gasteiger charge is -2.24. The second-order valence-electron chi connectivity index (χ2n) is 11.4. The van der Waals surface area contributed by atoms with Gasteiger partial charge in [0.1, 0.15) is 11.6 Å². The number of benzene rings is 2. The lowest BCUT2D eigenvalue weighted by atomic mass is 9.85. The fourth-order valence-electron chi connectivity index (χ4n) is 6.70. The number of hydrogen-bond acceptors (Lipinski definition) is 4. The van der Waals surface area contributed by atoms with Gasteiger partial charge < -0.3 is 20.6 Å². The zero-order chi connectivity index (χ0) is 25.6. The van der Waals surface area contributed by atoms with Crippen LogP contribution in [0.2, 0.25) is 0 Å². The third-order valence-electron chi connectivity index (χ3n) is 8.84. The minimum atomic E-state index is 0.300. The van der Waals surface area contributed by atoms with Gasteiger partial charge in [-0.3, -0.25) is 0 Å². The number of nitrogens with zero attached hydrogens (tertiary/aromatic N) is 2. The van der Waals surface area contributed by atoms with E-state index in [1.165, 1.54) is 49.3 Å². The Balaban J connectivity index is 1.11. The number of allylic oxidation sites excluding steroid dienone is 1. The minimum Gasteiger partial charge on any atom is -0.341 e. The molecule has 1 aliphatic carbocycles. The smallest absolute Gasteiger partial charge is 0.124 e. The molecule has 0 unspecified atom stereocenters. The maximum Gasteiger partial charge on any atom is 0.124 e. The molecule has 2 aromatic carbocycles. The Hall–Kier alpha value is -3.48. The number of hydrogen-bond donors (Lipinski definition) is 4. The third-order valence-corrected chi connectivity index (χ3v) is 8.84. The third kappa shape index (κ3) is 4.42. The van der Waals surface area contributed by atoms with E-state index in [-0.39, 0.29) is 0 Å². The first-order valence-electron chi connectivity index (χ1n) is 14.1. The number of aromatic amines is 2. The summed E-state index contributed by atoms with van der Waals surface area (Å²) in [6.45, 7) is 9.67. The summed E-state index contributed by atoms with van der Waals surface area (Å²) in [4.78, 5) is 16.6. The Labute approximate surface area is 223 Å². The van der Waals surface area contributed by atoms with Crippen molar-refractivity contribution in [2.75, 3.05) is 6.54 Å². The van der Waals surface area contributed by atoms with Crippen LogP contribution in [-0.4, -0.2) is 32.5 Å². The fraction of sp³-hybridized carbons (Fsp3) is 0.375. The number of imidazole rings is 2. The molecule has 2 saturated heterocycles. The van der Waals surface area contributed by atoms with Gasteiger partial charge in [0.15, 0.2) is 0 Å².